The van der Waals surface area contributed by atoms with Gasteiger partial charge in [0, 0.05) is 38.8 Å². The van der Waals surface area contributed by atoms with Gasteiger partial charge in [-0.1, -0.05) is 6.07 Å². The number of nitrogens with zero attached hydrogens (tertiary/aromatic N) is 2. The van der Waals surface area contributed by atoms with Crippen LogP contribution in [0.15, 0.2) is 12.1 Å². The third-order valence-corrected chi connectivity index (χ3v) is 4.52. The van der Waals surface area contributed by atoms with Crippen molar-refractivity contribution in [3.8, 4) is 0 Å². The molecule has 2 atom stereocenters. The number of fused-ring (bicyclic) bond motifs is 1. The minimum atomic E-state index is -0.445. The summed E-state index contributed by atoms with van der Waals surface area (Å²) in [5.41, 5.74) is 1.78. The molecule has 5 heteroatoms. The van der Waals surface area contributed by atoms with E-state index in [2.05, 4.69) is 15.1 Å². The molecule has 3 rings (SSSR count). The molecule has 2 fully saturated rings. The molecule has 0 radical (unpaired) electrons. The highest BCUT2D eigenvalue weighted by atomic mass is 19.1. The average molecular weight is 289 g/mol. The van der Waals surface area contributed by atoms with Crippen molar-refractivity contribution >= 4 is 5.69 Å². The van der Waals surface area contributed by atoms with Crippen molar-refractivity contribution in [3.63, 3.8) is 0 Å². The summed E-state index contributed by atoms with van der Waals surface area (Å²) in [5.74, 6) is -0.445. The second-order valence-electron chi connectivity index (χ2n) is 5.72. The summed E-state index contributed by atoms with van der Waals surface area (Å²) >= 11 is 0. The monoisotopic (exact) mass is 289 g/mol. The smallest absolute Gasteiger partial charge is 0.225 e. The minimum Gasteiger partial charge on any atom is -0.372 e. The van der Waals surface area contributed by atoms with Gasteiger partial charge in [-0.05, 0) is 30.5 Å². The standard InChI is InChI=1S/C16H20FN3O/c1-11-13(3-4-14(17)16(11)18-2)15-10-20-7-6-19-9-12(20)5-8-21-15/h3-4,12,15,19H,5-10H2,1H3/t12-,15-/m1/s1. The number of piperazine rings is 1. The van der Waals surface area contributed by atoms with E-state index in [1.54, 1.807) is 6.07 Å². The summed E-state index contributed by atoms with van der Waals surface area (Å²) in [6, 6.07) is 3.68. The molecule has 0 aromatic heterocycles. The molecule has 1 aromatic rings. The number of nitrogens with one attached hydrogen (secondary N) is 1. The van der Waals surface area contributed by atoms with E-state index < -0.39 is 5.82 Å². The maximum atomic E-state index is 13.7. The largest absolute Gasteiger partial charge is 0.372 e. The van der Waals surface area contributed by atoms with Crippen molar-refractivity contribution in [1.82, 2.24) is 10.2 Å². The number of halogens is 1. The molecule has 2 heterocycles. The van der Waals surface area contributed by atoms with E-state index in [0.29, 0.717) is 18.2 Å². The van der Waals surface area contributed by atoms with E-state index in [-0.39, 0.29) is 11.8 Å². The van der Waals surface area contributed by atoms with Crippen LogP contribution in [0.3, 0.4) is 0 Å². The van der Waals surface area contributed by atoms with Gasteiger partial charge in [-0.2, -0.15) is 0 Å². The fraction of sp³-hybridized carbons (Fsp3) is 0.562. The summed E-state index contributed by atoms with van der Waals surface area (Å²) in [5, 5.41) is 3.42. The Labute approximate surface area is 124 Å². The maximum absolute atomic E-state index is 13.7. The Balaban J connectivity index is 1.88. The fourth-order valence-corrected chi connectivity index (χ4v) is 3.30. The number of ether oxygens (including phenoxy) is 1. The highest BCUT2D eigenvalue weighted by Gasteiger charge is 2.30. The first-order valence-electron chi connectivity index (χ1n) is 7.43. The third-order valence-electron chi connectivity index (χ3n) is 4.52. The van der Waals surface area contributed by atoms with Crippen LogP contribution in [-0.2, 0) is 4.74 Å². The van der Waals surface area contributed by atoms with Gasteiger partial charge < -0.3 is 10.1 Å². The highest BCUT2D eigenvalue weighted by Crippen LogP contribution is 2.33. The molecular weight excluding hydrogens is 269 g/mol. The summed E-state index contributed by atoms with van der Waals surface area (Å²) in [6.45, 7) is 13.5. The quantitative estimate of drug-likeness (QED) is 0.805. The van der Waals surface area contributed by atoms with Crippen molar-refractivity contribution in [2.75, 3.05) is 32.8 Å². The van der Waals surface area contributed by atoms with Gasteiger partial charge in [0.15, 0.2) is 0 Å². The molecule has 0 saturated carbocycles. The Morgan fingerprint density at radius 3 is 3.14 bits per heavy atom. The predicted molar refractivity (Wildman–Crippen MR) is 78.9 cm³/mol. The molecule has 1 aromatic carbocycles. The first-order valence-corrected chi connectivity index (χ1v) is 7.43. The Bertz CT molecular complexity index is 569. The highest BCUT2D eigenvalue weighted by molar-refractivity contribution is 5.56. The van der Waals surface area contributed by atoms with E-state index in [0.717, 1.165) is 38.2 Å². The van der Waals surface area contributed by atoms with E-state index in [1.165, 1.54) is 6.07 Å². The lowest BCUT2D eigenvalue weighted by Crippen LogP contribution is -2.51. The summed E-state index contributed by atoms with van der Waals surface area (Å²) in [4.78, 5) is 5.78. The molecule has 2 saturated heterocycles. The molecule has 21 heavy (non-hydrogen) atoms. The van der Waals surface area contributed by atoms with Crippen molar-refractivity contribution in [2.45, 2.75) is 25.5 Å². The van der Waals surface area contributed by atoms with Crippen LogP contribution < -0.4 is 5.32 Å². The lowest BCUT2D eigenvalue weighted by Gasteiger charge is -2.35. The van der Waals surface area contributed by atoms with Gasteiger partial charge in [0.1, 0.15) is 5.82 Å². The Morgan fingerprint density at radius 1 is 1.48 bits per heavy atom. The zero-order valence-electron chi connectivity index (χ0n) is 12.2. The Morgan fingerprint density at radius 2 is 2.33 bits per heavy atom. The first kappa shape index (κ1) is 14.5. The van der Waals surface area contributed by atoms with Crippen LogP contribution in [-0.4, -0.2) is 43.7 Å². The van der Waals surface area contributed by atoms with Crippen LogP contribution in [0.1, 0.15) is 23.7 Å². The summed E-state index contributed by atoms with van der Waals surface area (Å²) < 4.78 is 19.7. The Hall–Kier alpha value is -1.48. The zero-order valence-corrected chi connectivity index (χ0v) is 12.2. The minimum absolute atomic E-state index is 0.0748. The number of rotatable bonds is 1. The van der Waals surface area contributed by atoms with Crippen LogP contribution in [0.5, 0.6) is 0 Å². The number of hydrogen-bond donors (Lipinski definition) is 1. The van der Waals surface area contributed by atoms with Gasteiger partial charge in [0.05, 0.1) is 12.7 Å². The lowest BCUT2D eigenvalue weighted by atomic mass is 10.0. The number of benzene rings is 1. The molecule has 0 bridgehead atoms. The van der Waals surface area contributed by atoms with Crippen molar-refractivity contribution in [2.24, 2.45) is 0 Å². The molecule has 0 unspecified atom stereocenters. The van der Waals surface area contributed by atoms with Gasteiger partial charge in [-0.15, -0.1) is 0 Å². The van der Waals surface area contributed by atoms with E-state index in [4.69, 9.17) is 11.3 Å². The molecule has 2 aliphatic heterocycles. The predicted octanol–water partition coefficient (Wildman–Crippen LogP) is 2.42. The maximum Gasteiger partial charge on any atom is 0.225 e. The second kappa shape index (κ2) is 6.10. The molecule has 112 valence electrons. The van der Waals surface area contributed by atoms with Gasteiger partial charge in [0.2, 0.25) is 5.69 Å². The molecule has 0 spiro atoms. The first-order chi connectivity index (χ1) is 10.2. The van der Waals surface area contributed by atoms with Crippen LogP contribution >= 0.6 is 0 Å². The van der Waals surface area contributed by atoms with Gasteiger partial charge in [-0.3, -0.25) is 4.90 Å². The second-order valence-corrected chi connectivity index (χ2v) is 5.72. The van der Waals surface area contributed by atoms with Gasteiger partial charge >= 0.3 is 0 Å². The molecular formula is C16H20FN3O. The zero-order chi connectivity index (χ0) is 14.8. The van der Waals surface area contributed by atoms with Crippen LogP contribution in [0.2, 0.25) is 0 Å². The number of hydrogen-bond acceptors (Lipinski definition) is 3. The van der Waals surface area contributed by atoms with E-state index in [9.17, 15) is 4.39 Å². The van der Waals surface area contributed by atoms with Crippen molar-refractivity contribution in [3.05, 3.63) is 40.5 Å². The molecule has 2 aliphatic rings. The van der Waals surface area contributed by atoms with Crippen LogP contribution in [0, 0.1) is 19.3 Å². The molecule has 0 amide bonds. The van der Waals surface area contributed by atoms with E-state index >= 15 is 0 Å². The van der Waals surface area contributed by atoms with Crippen molar-refractivity contribution < 1.29 is 9.13 Å². The van der Waals surface area contributed by atoms with Crippen molar-refractivity contribution in [1.29, 1.82) is 0 Å². The van der Waals surface area contributed by atoms with Crippen LogP contribution in [0.4, 0.5) is 10.1 Å². The van der Waals surface area contributed by atoms with Crippen LogP contribution in [0.25, 0.3) is 4.85 Å². The molecule has 4 nitrogen and oxygen atoms in total. The van der Waals surface area contributed by atoms with E-state index in [1.807, 2.05) is 6.92 Å². The SMILES string of the molecule is [C-]#[N+]c1c(F)ccc([C@H]2CN3CCNC[C@H]3CCO2)c1C. The third kappa shape index (κ3) is 2.80. The molecule has 1 N–H and O–H groups in total. The van der Waals surface area contributed by atoms with Gasteiger partial charge in [0.25, 0.3) is 0 Å². The Kier molecular flexibility index (Phi) is 4.20. The average Bonchev–Trinajstić information content (AvgIpc) is 2.70. The topological polar surface area (TPSA) is 28.9 Å². The summed E-state index contributed by atoms with van der Waals surface area (Å²) in [7, 11) is 0. The molecule has 0 aliphatic carbocycles. The normalized spacial score (nSPS) is 26.7. The van der Waals surface area contributed by atoms with Gasteiger partial charge in [-0.25, -0.2) is 9.24 Å². The lowest BCUT2D eigenvalue weighted by molar-refractivity contribution is 0.0511. The summed E-state index contributed by atoms with van der Waals surface area (Å²) in [6.07, 6.45) is 0.938. The fourth-order valence-electron chi connectivity index (χ4n) is 3.30.